The normalized spacial score (nSPS) is 17.2. The lowest BCUT2D eigenvalue weighted by Crippen LogP contribution is -2.44. The van der Waals surface area contributed by atoms with Crippen LogP contribution in [0.2, 0.25) is 0 Å². The summed E-state index contributed by atoms with van der Waals surface area (Å²) < 4.78 is 11.4. The number of hydrogen-bond donors (Lipinski definition) is 0. The van der Waals surface area contributed by atoms with Gasteiger partial charge in [-0.15, -0.1) is 0 Å². The van der Waals surface area contributed by atoms with Crippen LogP contribution >= 0.6 is 0 Å². The van der Waals surface area contributed by atoms with Crippen LogP contribution in [-0.2, 0) is 0 Å². The highest BCUT2D eigenvalue weighted by Gasteiger charge is 2.26. The summed E-state index contributed by atoms with van der Waals surface area (Å²) in [4.78, 5) is 26.9. The molecule has 1 fully saturated rings. The van der Waals surface area contributed by atoms with Crippen molar-refractivity contribution in [3.63, 3.8) is 0 Å². The van der Waals surface area contributed by atoms with Gasteiger partial charge in [0.25, 0.3) is 5.91 Å². The van der Waals surface area contributed by atoms with E-state index in [2.05, 4.69) is 28.8 Å². The van der Waals surface area contributed by atoms with E-state index in [1.165, 1.54) is 0 Å². The predicted molar refractivity (Wildman–Crippen MR) is 96.2 cm³/mol. The first-order chi connectivity index (χ1) is 12.6. The number of rotatable bonds is 6. The third-order valence-electron chi connectivity index (χ3n) is 4.03. The minimum absolute atomic E-state index is 0.0461. The molecule has 3 rings (SSSR count). The van der Waals surface area contributed by atoms with E-state index in [1.54, 1.807) is 41.7 Å². The summed E-state index contributed by atoms with van der Waals surface area (Å²) in [6.45, 7) is 5.98. The summed E-state index contributed by atoms with van der Waals surface area (Å²) in [5.74, 6) is 0.920. The molecule has 7 heteroatoms. The number of carbonyl (C=O) groups excluding carboxylic acids is 1. The molecular formula is C19H24N4O3. The molecule has 0 N–H and O–H groups in total. The largest absolute Gasteiger partial charge is 0.477 e. The summed E-state index contributed by atoms with van der Waals surface area (Å²) >= 11 is 0. The number of aromatic nitrogens is 3. The van der Waals surface area contributed by atoms with Crippen LogP contribution in [0.3, 0.4) is 0 Å². The highest BCUT2D eigenvalue weighted by Crippen LogP contribution is 2.18. The van der Waals surface area contributed by atoms with Gasteiger partial charge in [-0.05, 0) is 30.9 Å². The average molecular weight is 356 g/mol. The lowest BCUT2D eigenvalue weighted by atomic mass is 10.1. The number of nitrogens with zero attached hydrogens (tertiary/aromatic N) is 4. The van der Waals surface area contributed by atoms with Crippen molar-refractivity contribution in [2.24, 2.45) is 5.92 Å². The van der Waals surface area contributed by atoms with Gasteiger partial charge >= 0.3 is 6.01 Å². The number of pyridine rings is 1. The van der Waals surface area contributed by atoms with Gasteiger partial charge in [0.05, 0.1) is 18.7 Å². The van der Waals surface area contributed by atoms with Gasteiger partial charge in [0.2, 0.25) is 5.88 Å². The Morgan fingerprint density at radius 1 is 1.27 bits per heavy atom. The van der Waals surface area contributed by atoms with Crippen molar-refractivity contribution in [2.45, 2.75) is 32.8 Å². The van der Waals surface area contributed by atoms with Crippen LogP contribution in [0.4, 0.5) is 0 Å². The molecule has 1 saturated heterocycles. The van der Waals surface area contributed by atoms with E-state index in [1.807, 2.05) is 0 Å². The zero-order chi connectivity index (χ0) is 18.4. The maximum Gasteiger partial charge on any atom is 0.316 e. The summed E-state index contributed by atoms with van der Waals surface area (Å²) in [5.41, 5.74) is 0.554. The lowest BCUT2D eigenvalue weighted by molar-refractivity contribution is 0.0515. The van der Waals surface area contributed by atoms with Gasteiger partial charge in [0.1, 0.15) is 6.10 Å². The molecule has 0 spiro atoms. The monoisotopic (exact) mass is 356 g/mol. The maximum atomic E-state index is 12.7. The molecule has 1 unspecified atom stereocenters. The highest BCUT2D eigenvalue weighted by atomic mass is 16.5. The lowest BCUT2D eigenvalue weighted by Gasteiger charge is -2.32. The van der Waals surface area contributed by atoms with Crippen LogP contribution in [-0.4, -0.2) is 51.6 Å². The maximum absolute atomic E-state index is 12.7. The van der Waals surface area contributed by atoms with Crippen molar-refractivity contribution in [1.82, 2.24) is 19.9 Å². The Labute approximate surface area is 153 Å². The van der Waals surface area contributed by atoms with E-state index in [0.29, 0.717) is 43.1 Å². The predicted octanol–water partition coefficient (Wildman–Crippen LogP) is 2.59. The third-order valence-corrected chi connectivity index (χ3v) is 4.03. The van der Waals surface area contributed by atoms with Crippen molar-refractivity contribution in [2.75, 3.05) is 19.7 Å². The van der Waals surface area contributed by atoms with Gasteiger partial charge in [-0.25, -0.2) is 15.0 Å². The number of amides is 1. The van der Waals surface area contributed by atoms with Crippen molar-refractivity contribution in [1.29, 1.82) is 0 Å². The molecule has 3 heterocycles. The second kappa shape index (κ2) is 8.60. The summed E-state index contributed by atoms with van der Waals surface area (Å²) in [6, 6.07) is 5.59. The van der Waals surface area contributed by atoms with Crippen molar-refractivity contribution >= 4 is 5.91 Å². The Morgan fingerprint density at radius 2 is 2.08 bits per heavy atom. The standard InChI is InChI=1S/C19H24N4O3/c1-14(2)13-25-17-7-6-15(11-22-17)18(24)23-10-3-5-16(12-23)26-19-20-8-4-9-21-19/h4,6-9,11,14,16H,3,5,10,12-13H2,1-2H3. The topological polar surface area (TPSA) is 77.4 Å². The van der Waals surface area contributed by atoms with Gasteiger partial charge in [-0.2, -0.15) is 0 Å². The molecular weight excluding hydrogens is 332 g/mol. The Bertz CT molecular complexity index is 706. The first-order valence-corrected chi connectivity index (χ1v) is 8.93. The average Bonchev–Trinajstić information content (AvgIpc) is 2.67. The minimum Gasteiger partial charge on any atom is -0.477 e. The molecule has 1 amide bonds. The smallest absolute Gasteiger partial charge is 0.316 e. The molecule has 26 heavy (non-hydrogen) atoms. The highest BCUT2D eigenvalue weighted by molar-refractivity contribution is 5.94. The fourth-order valence-electron chi connectivity index (χ4n) is 2.74. The van der Waals surface area contributed by atoms with Crippen LogP contribution in [0.1, 0.15) is 37.0 Å². The number of ether oxygens (including phenoxy) is 2. The second-order valence-electron chi connectivity index (χ2n) is 6.75. The zero-order valence-corrected chi connectivity index (χ0v) is 15.2. The van der Waals surface area contributed by atoms with Crippen molar-refractivity contribution < 1.29 is 14.3 Å². The Kier molecular flexibility index (Phi) is 5.99. The second-order valence-corrected chi connectivity index (χ2v) is 6.75. The van der Waals surface area contributed by atoms with E-state index >= 15 is 0 Å². The van der Waals surface area contributed by atoms with Gasteiger partial charge in [0.15, 0.2) is 0 Å². The molecule has 1 atom stereocenters. The van der Waals surface area contributed by atoms with Crippen LogP contribution in [0.15, 0.2) is 36.8 Å². The molecule has 2 aromatic rings. The minimum atomic E-state index is -0.100. The molecule has 0 saturated carbocycles. The molecule has 1 aliphatic rings. The molecule has 1 aliphatic heterocycles. The molecule has 0 aromatic carbocycles. The van der Waals surface area contributed by atoms with Crippen molar-refractivity contribution in [3.8, 4) is 11.9 Å². The van der Waals surface area contributed by atoms with Crippen LogP contribution in [0, 0.1) is 5.92 Å². The molecule has 0 bridgehead atoms. The third kappa shape index (κ3) is 4.91. The van der Waals surface area contributed by atoms with E-state index < -0.39 is 0 Å². The van der Waals surface area contributed by atoms with Gasteiger partial charge in [-0.3, -0.25) is 4.79 Å². The fourth-order valence-corrected chi connectivity index (χ4v) is 2.74. The number of carbonyl (C=O) groups is 1. The van der Waals surface area contributed by atoms with Crippen molar-refractivity contribution in [3.05, 3.63) is 42.4 Å². The van der Waals surface area contributed by atoms with Crippen LogP contribution in [0.5, 0.6) is 11.9 Å². The molecule has 0 aliphatic carbocycles. The van der Waals surface area contributed by atoms with Gasteiger partial charge < -0.3 is 14.4 Å². The summed E-state index contributed by atoms with van der Waals surface area (Å²) in [5, 5.41) is 0. The van der Waals surface area contributed by atoms with E-state index in [9.17, 15) is 4.79 Å². The summed E-state index contributed by atoms with van der Waals surface area (Å²) in [7, 11) is 0. The van der Waals surface area contributed by atoms with Gasteiger partial charge in [-0.1, -0.05) is 13.8 Å². The van der Waals surface area contributed by atoms with E-state index in [0.717, 1.165) is 12.8 Å². The SMILES string of the molecule is CC(C)COc1ccc(C(=O)N2CCCC(Oc3ncccn3)C2)cn1. The number of hydrogen-bond acceptors (Lipinski definition) is 6. The quantitative estimate of drug-likeness (QED) is 0.792. The molecule has 7 nitrogen and oxygen atoms in total. The number of piperidine rings is 1. The molecule has 0 radical (unpaired) electrons. The van der Waals surface area contributed by atoms with Gasteiger partial charge in [0, 0.05) is 31.2 Å². The van der Waals surface area contributed by atoms with E-state index in [4.69, 9.17) is 9.47 Å². The first-order valence-electron chi connectivity index (χ1n) is 8.93. The van der Waals surface area contributed by atoms with E-state index in [-0.39, 0.29) is 12.0 Å². The first kappa shape index (κ1) is 18.1. The molecule has 2 aromatic heterocycles. The number of likely N-dealkylation sites (tertiary alicyclic amines) is 1. The van der Waals surface area contributed by atoms with Crippen LogP contribution < -0.4 is 9.47 Å². The fraction of sp³-hybridized carbons (Fsp3) is 0.474. The Balaban J connectivity index is 1.58. The summed E-state index contributed by atoms with van der Waals surface area (Å²) in [6.07, 6.45) is 6.51. The Morgan fingerprint density at radius 3 is 2.77 bits per heavy atom. The zero-order valence-electron chi connectivity index (χ0n) is 15.2. The molecule has 138 valence electrons. The Hall–Kier alpha value is -2.70. The van der Waals surface area contributed by atoms with Crippen LogP contribution in [0.25, 0.3) is 0 Å².